The number of aryl methyl sites for hydroxylation is 1. The van der Waals surface area contributed by atoms with Gasteiger partial charge in [-0.3, -0.25) is 0 Å². The van der Waals surface area contributed by atoms with Crippen LogP contribution in [0.1, 0.15) is 17.5 Å². The zero-order valence-electron chi connectivity index (χ0n) is 11.4. The lowest BCUT2D eigenvalue weighted by Gasteiger charge is -2.13. The minimum Gasteiger partial charge on any atom is -0.489 e. The van der Waals surface area contributed by atoms with Crippen LogP contribution >= 0.6 is 34.8 Å². The monoisotopic (exact) mass is 343 g/mol. The average Bonchev–Trinajstić information content (AvgIpc) is 2.46. The lowest BCUT2D eigenvalue weighted by atomic mass is 10.1. The fraction of sp³-hybridized carbons (Fsp3) is 0.250. The van der Waals surface area contributed by atoms with Crippen LogP contribution in [0.5, 0.6) is 5.75 Å². The molecule has 0 aliphatic carbocycles. The van der Waals surface area contributed by atoms with E-state index in [2.05, 4.69) is 0 Å². The molecule has 0 spiro atoms. The molecule has 0 saturated carbocycles. The van der Waals surface area contributed by atoms with Crippen molar-refractivity contribution in [1.29, 1.82) is 0 Å². The maximum Gasteiger partial charge on any atom is 0.123 e. The summed E-state index contributed by atoms with van der Waals surface area (Å²) >= 11 is 18.3. The van der Waals surface area contributed by atoms with Crippen molar-refractivity contribution in [2.24, 2.45) is 5.73 Å². The second kappa shape index (κ2) is 7.90. The van der Waals surface area contributed by atoms with E-state index < -0.39 is 0 Å². The molecular formula is C16H16Cl3NO. The summed E-state index contributed by atoms with van der Waals surface area (Å²) in [7, 11) is 0. The largest absolute Gasteiger partial charge is 0.489 e. The average molecular weight is 345 g/mol. The smallest absolute Gasteiger partial charge is 0.123 e. The molecule has 2 nitrogen and oxygen atoms in total. The maximum absolute atomic E-state index is 6.14. The van der Waals surface area contributed by atoms with Gasteiger partial charge in [-0.05, 0) is 55.3 Å². The van der Waals surface area contributed by atoms with Crippen molar-refractivity contribution in [2.45, 2.75) is 19.4 Å². The van der Waals surface area contributed by atoms with Crippen molar-refractivity contribution in [1.82, 2.24) is 0 Å². The molecule has 21 heavy (non-hydrogen) atoms. The number of ether oxygens (including phenoxy) is 1. The summed E-state index contributed by atoms with van der Waals surface area (Å²) in [5, 5.41) is 1.88. The van der Waals surface area contributed by atoms with Crippen LogP contribution in [0.2, 0.25) is 15.1 Å². The van der Waals surface area contributed by atoms with Crippen LogP contribution in [0.4, 0.5) is 0 Å². The molecule has 2 rings (SSSR count). The van der Waals surface area contributed by atoms with Gasteiger partial charge in [-0.15, -0.1) is 0 Å². The molecule has 2 N–H and O–H groups in total. The molecule has 0 heterocycles. The third-order valence-corrected chi connectivity index (χ3v) is 4.05. The zero-order valence-corrected chi connectivity index (χ0v) is 13.7. The van der Waals surface area contributed by atoms with Crippen LogP contribution in [-0.2, 0) is 13.0 Å². The fourth-order valence-corrected chi connectivity index (χ4v) is 2.70. The number of hydrogen-bond donors (Lipinski definition) is 1. The van der Waals surface area contributed by atoms with Gasteiger partial charge in [0.15, 0.2) is 0 Å². The first-order chi connectivity index (χ1) is 10.1. The molecule has 0 amide bonds. The minimum atomic E-state index is 0.315. The van der Waals surface area contributed by atoms with E-state index in [1.54, 1.807) is 18.2 Å². The van der Waals surface area contributed by atoms with Gasteiger partial charge in [0.1, 0.15) is 12.4 Å². The van der Waals surface area contributed by atoms with Crippen LogP contribution in [0.25, 0.3) is 0 Å². The predicted octanol–water partition coefficient (Wildman–Crippen LogP) is 5.12. The summed E-state index contributed by atoms with van der Waals surface area (Å²) in [5.41, 5.74) is 7.38. The summed E-state index contributed by atoms with van der Waals surface area (Å²) < 4.78 is 5.87. The van der Waals surface area contributed by atoms with E-state index in [4.69, 9.17) is 45.3 Å². The van der Waals surface area contributed by atoms with Gasteiger partial charge in [-0.2, -0.15) is 0 Å². The highest BCUT2D eigenvalue weighted by molar-refractivity contribution is 6.35. The van der Waals surface area contributed by atoms with Gasteiger partial charge >= 0.3 is 0 Å². The molecular weight excluding hydrogens is 329 g/mol. The molecule has 2 aromatic carbocycles. The van der Waals surface area contributed by atoms with Crippen molar-refractivity contribution in [2.75, 3.05) is 6.54 Å². The van der Waals surface area contributed by atoms with Gasteiger partial charge in [0.25, 0.3) is 0 Å². The third kappa shape index (κ3) is 4.52. The minimum absolute atomic E-state index is 0.315. The van der Waals surface area contributed by atoms with Crippen LogP contribution in [0.15, 0.2) is 36.4 Å². The van der Waals surface area contributed by atoms with Gasteiger partial charge in [0.05, 0.1) is 0 Å². The Morgan fingerprint density at radius 3 is 2.38 bits per heavy atom. The van der Waals surface area contributed by atoms with Crippen LogP contribution in [-0.4, -0.2) is 6.54 Å². The third-order valence-electron chi connectivity index (χ3n) is 3.11. The first kappa shape index (κ1) is 16.4. The van der Waals surface area contributed by atoms with E-state index in [9.17, 15) is 0 Å². The molecule has 0 bridgehead atoms. The summed E-state index contributed by atoms with van der Waals surface area (Å²) in [6.45, 7) is 0.943. The fourth-order valence-electron chi connectivity index (χ4n) is 2.00. The van der Waals surface area contributed by atoms with Crippen molar-refractivity contribution in [3.63, 3.8) is 0 Å². The van der Waals surface area contributed by atoms with Crippen molar-refractivity contribution < 1.29 is 4.74 Å². The van der Waals surface area contributed by atoms with E-state index in [0.717, 1.165) is 29.7 Å². The van der Waals surface area contributed by atoms with Crippen molar-refractivity contribution >= 4 is 34.8 Å². The topological polar surface area (TPSA) is 35.2 Å². The number of halogens is 3. The molecule has 0 unspecified atom stereocenters. The highest BCUT2D eigenvalue weighted by Crippen LogP contribution is 2.28. The van der Waals surface area contributed by atoms with E-state index in [1.165, 1.54) is 0 Å². The number of hydrogen-bond acceptors (Lipinski definition) is 2. The molecule has 0 aliphatic rings. The first-order valence-corrected chi connectivity index (χ1v) is 7.79. The quantitative estimate of drug-likeness (QED) is 0.789. The Morgan fingerprint density at radius 1 is 1.00 bits per heavy atom. The molecule has 0 radical (unpaired) electrons. The highest BCUT2D eigenvalue weighted by Gasteiger charge is 2.09. The predicted molar refractivity (Wildman–Crippen MR) is 89.6 cm³/mol. The normalized spacial score (nSPS) is 10.7. The Hall–Kier alpha value is -0.930. The first-order valence-electron chi connectivity index (χ1n) is 6.66. The van der Waals surface area contributed by atoms with E-state index in [-0.39, 0.29) is 0 Å². The van der Waals surface area contributed by atoms with E-state index in [1.807, 2.05) is 18.2 Å². The molecule has 0 aromatic heterocycles. The SMILES string of the molecule is NCCCc1cc(Cl)ccc1OCc1c(Cl)cccc1Cl. The number of benzene rings is 2. The molecule has 2 aromatic rings. The Morgan fingerprint density at radius 2 is 1.71 bits per heavy atom. The highest BCUT2D eigenvalue weighted by atomic mass is 35.5. The van der Waals surface area contributed by atoms with Crippen molar-refractivity contribution in [3.8, 4) is 5.75 Å². The lowest BCUT2D eigenvalue weighted by Crippen LogP contribution is -2.03. The molecule has 0 saturated heterocycles. The van der Waals surface area contributed by atoms with Gasteiger partial charge in [-0.25, -0.2) is 0 Å². The molecule has 112 valence electrons. The number of nitrogens with two attached hydrogens (primary N) is 1. The summed E-state index contributed by atoms with van der Waals surface area (Å²) in [5.74, 6) is 0.781. The Labute approximate surface area is 139 Å². The van der Waals surface area contributed by atoms with Gasteiger partial charge in [0.2, 0.25) is 0 Å². The Bertz CT molecular complexity index is 596. The summed E-state index contributed by atoms with van der Waals surface area (Å²) in [6, 6.07) is 11.0. The van der Waals surface area contributed by atoms with Crippen molar-refractivity contribution in [3.05, 3.63) is 62.6 Å². The van der Waals surface area contributed by atoms with Gasteiger partial charge in [0, 0.05) is 20.6 Å². The molecule has 0 atom stereocenters. The summed E-state index contributed by atoms with van der Waals surface area (Å²) in [4.78, 5) is 0. The van der Waals surface area contributed by atoms with Gasteiger partial charge < -0.3 is 10.5 Å². The molecule has 5 heteroatoms. The number of rotatable bonds is 6. The van der Waals surface area contributed by atoms with Gasteiger partial charge in [-0.1, -0.05) is 40.9 Å². The lowest BCUT2D eigenvalue weighted by molar-refractivity contribution is 0.303. The summed E-state index contributed by atoms with van der Waals surface area (Å²) in [6.07, 6.45) is 1.70. The van der Waals surface area contributed by atoms with Crippen LogP contribution in [0.3, 0.4) is 0 Å². The Balaban J connectivity index is 2.16. The second-order valence-electron chi connectivity index (χ2n) is 4.63. The molecule has 0 aliphatic heterocycles. The molecule has 0 fully saturated rings. The standard InChI is InChI=1S/C16H16Cl3NO/c17-12-6-7-16(11(9-12)3-2-8-20)21-10-13-14(18)4-1-5-15(13)19/h1,4-7,9H,2-3,8,10,20H2. The van der Waals surface area contributed by atoms with E-state index >= 15 is 0 Å². The zero-order chi connectivity index (χ0) is 15.2. The van der Waals surface area contributed by atoms with Crippen LogP contribution < -0.4 is 10.5 Å². The van der Waals surface area contributed by atoms with E-state index in [0.29, 0.717) is 28.2 Å². The second-order valence-corrected chi connectivity index (χ2v) is 5.88. The maximum atomic E-state index is 6.14. The Kier molecular flexibility index (Phi) is 6.19. The van der Waals surface area contributed by atoms with Crippen LogP contribution in [0, 0.1) is 0 Å².